The molecule has 0 saturated carbocycles. The van der Waals surface area contributed by atoms with Gasteiger partial charge in [0.25, 0.3) is 0 Å². The number of nitrogens with zero attached hydrogens (tertiary/aromatic N) is 3. The van der Waals surface area contributed by atoms with Crippen LogP contribution in [-0.2, 0) is 0 Å². The summed E-state index contributed by atoms with van der Waals surface area (Å²) in [4.78, 5) is 11.6. The molecule has 3 nitrogen and oxygen atoms in total. The predicted octanol–water partition coefficient (Wildman–Crippen LogP) is 4.23. The van der Waals surface area contributed by atoms with E-state index in [2.05, 4.69) is 60.4 Å². The van der Waals surface area contributed by atoms with Gasteiger partial charge in [-0.1, -0.05) is 34.6 Å². The van der Waals surface area contributed by atoms with Crippen LogP contribution in [0, 0.1) is 11.3 Å². The molecule has 19 heavy (non-hydrogen) atoms. The Bertz CT molecular complexity index is 451. The zero-order valence-corrected chi connectivity index (χ0v) is 14.2. The topological polar surface area (TPSA) is 29.0 Å². The number of hydrogen-bond donors (Lipinski definition) is 0. The van der Waals surface area contributed by atoms with Gasteiger partial charge in [-0.05, 0) is 33.7 Å². The van der Waals surface area contributed by atoms with Crippen molar-refractivity contribution in [3.8, 4) is 0 Å². The lowest BCUT2D eigenvalue weighted by Crippen LogP contribution is -2.26. The summed E-state index contributed by atoms with van der Waals surface area (Å²) in [7, 11) is 0. The molecule has 0 aromatic carbocycles. The van der Waals surface area contributed by atoms with Crippen LogP contribution in [0.25, 0.3) is 0 Å². The first-order valence-electron chi connectivity index (χ1n) is 7.07. The Morgan fingerprint density at radius 2 is 2.00 bits per heavy atom. The van der Waals surface area contributed by atoms with Gasteiger partial charge in [0.1, 0.15) is 16.2 Å². The predicted molar refractivity (Wildman–Crippen MR) is 83.6 cm³/mol. The third-order valence-corrected chi connectivity index (χ3v) is 4.36. The molecule has 2 heterocycles. The third kappa shape index (κ3) is 3.47. The van der Waals surface area contributed by atoms with Gasteiger partial charge in [0.05, 0.1) is 0 Å². The van der Waals surface area contributed by atoms with Gasteiger partial charge >= 0.3 is 0 Å². The molecule has 106 valence electrons. The van der Waals surface area contributed by atoms with Gasteiger partial charge in [0.15, 0.2) is 0 Å². The van der Waals surface area contributed by atoms with Gasteiger partial charge in [-0.15, -0.1) is 0 Å². The van der Waals surface area contributed by atoms with Gasteiger partial charge in [-0.25, -0.2) is 9.97 Å². The summed E-state index contributed by atoms with van der Waals surface area (Å²) in [5.41, 5.74) is 0.375. The highest BCUT2D eigenvalue weighted by atomic mass is 79.9. The highest BCUT2D eigenvalue weighted by Crippen LogP contribution is 2.35. The minimum atomic E-state index is 0.359. The van der Waals surface area contributed by atoms with Gasteiger partial charge in [0, 0.05) is 25.1 Å². The van der Waals surface area contributed by atoms with Gasteiger partial charge in [0.2, 0.25) is 0 Å². The van der Waals surface area contributed by atoms with E-state index in [9.17, 15) is 0 Å². The molecule has 0 aliphatic carbocycles. The maximum Gasteiger partial charge on any atom is 0.134 e. The minimum Gasteiger partial charge on any atom is -0.356 e. The van der Waals surface area contributed by atoms with Crippen LogP contribution < -0.4 is 4.90 Å². The van der Waals surface area contributed by atoms with E-state index in [0.717, 1.165) is 35.3 Å². The molecule has 0 radical (unpaired) electrons. The van der Waals surface area contributed by atoms with E-state index in [1.54, 1.807) is 0 Å². The number of hydrogen-bond acceptors (Lipinski definition) is 3. The Morgan fingerprint density at radius 1 is 1.32 bits per heavy atom. The average Bonchev–Trinajstić information content (AvgIpc) is 2.76. The second kappa shape index (κ2) is 5.39. The number of halogens is 1. The van der Waals surface area contributed by atoms with E-state index >= 15 is 0 Å². The number of rotatable bonds is 2. The maximum absolute atomic E-state index is 4.72. The molecule has 4 heteroatoms. The van der Waals surface area contributed by atoms with Crippen LogP contribution in [0.2, 0.25) is 0 Å². The molecule has 0 spiro atoms. The van der Waals surface area contributed by atoms with Crippen molar-refractivity contribution in [2.24, 2.45) is 11.3 Å². The monoisotopic (exact) mass is 325 g/mol. The van der Waals surface area contributed by atoms with Crippen molar-refractivity contribution in [1.82, 2.24) is 9.97 Å². The van der Waals surface area contributed by atoms with Crippen LogP contribution in [0.1, 0.15) is 52.8 Å². The first kappa shape index (κ1) is 14.8. The van der Waals surface area contributed by atoms with E-state index < -0.39 is 0 Å². The SMILES string of the molecule is CC(C)c1nc(Br)cc(N2CCC(C(C)(C)C)C2)n1. The van der Waals surface area contributed by atoms with Crippen molar-refractivity contribution in [1.29, 1.82) is 0 Å². The Kier molecular flexibility index (Phi) is 4.19. The van der Waals surface area contributed by atoms with Crippen LogP contribution in [0.4, 0.5) is 5.82 Å². The molecule has 1 unspecified atom stereocenters. The quantitative estimate of drug-likeness (QED) is 0.762. The lowest BCUT2D eigenvalue weighted by atomic mass is 9.80. The van der Waals surface area contributed by atoms with E-state index in [4.69, 9.17) is 4.98 Å². The first-order chi connectivity index (χ1) is 8.77. The maximum atomic E-state index is 4.72. The Balaban J connectivity index is 2.20. The van der Waals surface area contributed by atoms with Crippen LogP contribution in [0.3, 0.4) is 0 Å². The molecule has 2 rings (SSSR count). The van der Waals surface area contributed by atoms with Crippen molar-refractivity contribution in [3.05, 3.63) is 16.5 Å². The van der Waals surface area contributed by atoms with Crippen molar-refractivity contribution >= 4 is 21.7 Å². The van der Waals surface area contributed by atoms with E-state index in [1.165, 1.54) is 6.42 Å². The summed E-state index contributed by atoms with van der Waals surface area (Å²) in [5.74, 6) is 3.09. The van der Waals surface area contributed by atoms with E-state index in [1.807, 2.05) is 6.07 Å². The highest BCUT2D eigenvalue weighted by Gasteiger charge is 2.32. The third-order valence-electron chi connectivity index (χ3n) is 3.95. The lowest BCUT2D eigenvalue weighted by molar-refractivity contribution is 0.263. The summed E-state index contributed by atoms with van der Waals surface area (Å²) in [6.45, 7) is 13.5. The standard InChI is InChI=1S/C15H24BrN3/c1-10(2)14-17-12(16)8-13(18-14)19-7-6-11(9-19)15(3,4)5/h8,10-11H,6-7,9H2,1-5H3. The summed E-state index contributed by atoms with van der Waals surface area (Å²) in [6.07, 6.45) is 1.25. The molecule has 1 fully saturated rings. The molecule has 1 aromatic heterocycles. The molecule has 1 saturated heterocycles. The van der Waals surface area contributed by atoms with Crippen LogP contribution in [-0.4, -0.2) is 23.1 Å². The smallest absolute Gasteiger partial charge is 0.134 e. The van der Waals surface area contributed by atoms with Gasteiger partial charge in [-0.2, -0.15) is 0 Å². The normalized spacial score (nSPS) is 20.4. The average molecular weight is 326 g/mol. The summed E-state index contributed by atoms with van der Waals surface area (Å²) in [6, 6.07) is 2.04. The first-order valence-corrected chi connectivity index (χ1v) is 7.86. The minimum absolute atomic E-state index is 0.359. The zero-order chi connectivity index (χ0) is 14.2. The lowest BCUT2D eigenvalue weighted by Gasteiger charge is -2.27. The second-order valence-electron chi connectivity index (χ2n) is 6.86. The van der Waals surface area contributed by atoms with Crippen molar-refractivity contribution in [2.75, 3.05) is 18.0 Å². The van der Waals surface area contributed by atoms with Gasteiger partial charge in [-0.3, -0.25) is 0 Å². The Labute approximate surface area is 125 Å². The van der Waals surface area contributed by atoms with Crippen LogP contribution in [0.15, 0.2) is 10.7 Å². The molecule has 0 N–H and O–H groups in total. The fourth-order valence-electron chi connectivity index (χ4n) is 2.52. The number of aromatic nitrogens is 2. The molecule has 1 aliphatic rings. The van der Waals surface area contributed by atoms with Gasteiger partial charge < -0.3 is 4.90 Å². The van der Waals surface area contributed by atoms with Crippen molar-refractivity contribution < 1.29 is 0 Å². The van der Waals surface area contributed by atoms with Crippen molar-refractivity contribution in [3.63, 3.8) is 0 Å². The van der Waals surface area contributed by atoms with Crippen molar-refractivity contribution in [2.45, 2.75) is 47.0 Å². The largest absolute Gasteiger partial charge is 0.356 e. The fraction of sp³-hybridized carbons (Fsp3) is 0.733. The molecular weight excluding hydrogens is 302 g/mol. The highest BCUT2D eigenvalue weighted by molar-refractivity contribution is 9.10. The summed E-state index contributed by atoms with van der Waals surface area (Å²) < 4.78 is 0.889. The van der Waals surface area contributed by atoms with Crippen LogP contribution in [0.5, 0.6) is 0 Å². The fourth-order valence-corrected chi connectivity index (χ4v) is 2.90. The molecule has 1 atom stereocenters. The van der Waals surface area contributed by atoms with E-state index in [0.29, 0.717) is 11.3 Å². The Hall–Kier alpha value is -0.640. The molecule has 1 aromatic rings. The molecule has 0 bridgehead atoms. The molecule has 1 aliphatic heterocycles. The van der Waals surface area contributed by atoms with E-state index in [-0.39, 0.29) is 0 Å². The zero-order valence-electron chi connectivity index (χ0n) is 12.6. The molecular formula is C15H24BrN3. The second-order valence-corrected chi connectivity index (χ2v) is 7.67. The molecule has 0 amide bonds. The Morgan fingerprint density at radius 3 is 2.53 bits per heavy atom. The van der Waals surface area contributed by atoms with Crippen LogP contribution >= 0.6 is 15.9 Å². The summed E-state index contributed by atoms with van der Waals surface area (Å²) >= 11 is 3.51. The number of anilines is 1. The summed E-state index contributed by atoms with van der Waals surface area (Å²) in [5, 5.41) is 0.